The van der Waals surface area contributed by atoms with Crippen molar-refractivity contribution in [2.24, 2.45) is 4.99 Å². The van der Waals surface area contributed by atoms with Gasteiger partial charge in [-0.3, -0.25) is 4.99 Å². The Kier molecular flexibility index (Phi) is 5.84. The third-order valence-electron chi connectivity index (χ3n) is 4.95. The van der Waals surface area contributed by atoms with E-state index in [1.807, 2.05) is 36.4 Å². The lowest BCUT2D eigenvalue weighted by atomic mass is 10.1. The Balaban J connectivity index is 1.81. The van der Waals surface area contributed by atoms with Crippen LogP contribution in [0.1, 0.15) is 36.9 Å². The first-order chi connectivity index (χ1) is 13.7. The molecule has 1 N–H and O–H groups in total. The Labute approximate surface area is 169 Å². The van der Waals surface area contributed by atoms with Gasteiger partial charge in [0.1, 0.15) is 11.4 Å². The van der Waals surface area contributed by atoms with Gasteiger partial charge in [0, 0.05) is 25.8 Å². The highest BCUT2D eigenvalue weighted by Crippen LogP contribution is 2.24. The molecule has 6 heteroatoms. The third kappa shape index (κ3) is 4.16. The van der Waals surface area contributed by atoms with E-state index < -0.39 is 0 Å². The van der Waals surface area contributed by atoms with Gasteiger partial charge in [-0.2, -0.15) is 0 Å². The van der Waals surface area contributed by atoms with Crippen LogP contribution in [0, 0.1) is 5.41 Å². The monoisotopic (exact) mass is 394 g/mol. The standard InChI is InChI=1S/C22H23ClN4O/c23-21-10-9-19-18(25-21)14-20(27(19)15-16-6-2-1-3-7-16)17(11-12-24)26-22-8-4-5-13-28-22/h1-3,6-7,9-10,12,14,22,24H,4-5,8,11,13,15H2. The molecule has 0 spiro atoms. The fraction of sp³-hybridized carbons (Fsp3) is 0.318. The summed E-state index contributed by atoms with van der Waals surface area (Å²) in [6, 6.07) is 16.1. The first kappa shape index (κ1) is 18.8. The van der Waals surface area contributed by atoms with Gasteiger partial charge in [0.05, 0.1) is 22.4 Å². The summed E-state index contributed by atoms with van der Waals surface area (Å²) in [6.45, 7) is 1.45. The Morgan fingerprint density at radius 3 is 2.86 bits per heavy atom. The second-order valence-electron chi connectivity index (χ2n) is 6.94. The molecular weight excluding hydrogens is 372 g/mol. The van der Waals surface area contributed by atoms with Crippen LogP contribution in [-0.4, -0.2) is 34.3 Å². The number of benzene rings is 1. The van der Waals surface area contributed by atoms with Crippen molar-refractivity contribution in [2.75, 3.05) is 6.61 Å². The van der Waals surface area contributed by atoms with E-state index >= 15 is 0 Å². The molecule has 0 aliphatic carbocycles. The highest BCUT2D eigenvalue weighted by Gasteiger charge is 2.18. The molecular formula is C22H23ClN4O. The fourth-order valence-electron chi connectivity index (χ4n) is 3.61. The van der Waals surface area contributed by atoms with E-state index in [1.165, 1.54) is 11.8 Å². The highest BCUT2D eigenvalue weighted by molar-refractivity contribution is 6.29. The van der Waals surface area contributed by atoms with Crippen LogP contribution >= 0.6 is 11.6 Å². The number of fused-ring (bicyclic) bond motifs is 1. The smallest absolute Gasteiger partial charge is 0.148 e. The quantitative estimate of drug-likeness (QED) is 0.467. The van der Waals surface area contributed by atoms with E-state index in [1.54, 1.807) is 0 Å². The van der Waals surface area contributed by atoms with Crippen LogP contribution in [-0.2, 0) is 11.3 Å². The maximum atomic E-state index is 7.67. The minimum Gasteiger partial charge on any atom is -0.357 e. The summed E-state index contributed by atoms with van der Waals surface area (Å²) in [5.74, 6) is 0. The van der Waals surface area contributed by atoms with Gasteiger partial charge < -0.3 is 14.7 Å². The number of aromatic nitrogens is 2. The summed E-state index contributed by atoms with van der Waals surface area (Å²) < 4.78 is 8.03. The van der Waals surface area contributed by atoms with E-state index in [9.17, 15) is 0 Å². The molecule has 1 aromatic carbocycles. The molecule has 5 nitrogen and oxygen atoms in total. The van der Waals surface area contributed by atoms with E-state index in [2.05, 4.69) is 21.7 Å². The number of pyridine rings is 1. The normalized spacial score (nSPS) is 17.8. The molecule has 0 bridgehead atoms. The van der Waals surface area contributed by atoms with Crippen LogP contribution in [0.5, 0.6) is 0 Å². The number of hydrogen-bond donors (Lipinski definition) is 1. The van der Waals surface area contributed by atoms with Crippen LogP contribution in [0.25, 0.3) is 11.0 Å². The molecule has 1 unspecified atom stereocenters. The van der Waals surface area contributed by atoms with Crippen molar-refractivity contribution in [2.45, 2.75) is 38.5 Å². The number of aliphatic imine (C=N–C) groups is 1. The van der Waals surface area contributed by atoms with Crippen molar-refractivity contribution in [3.63, 3.8) is 0 Å². The molecule has 1 atom stereocenters. The van der Waals surface area contributed by atoms with E-state index in [0.29, 0.717) is 18.1 Å². The second kappa shape index (κ2) is 8.67. The predicted molar refractivity (Wildman–Crippen MR) is 114 cm³/mol. The fourth-order valence-corrected chi connectivity index (χ4v) is 3.76. The molecule has 2 aromatic heterocycles. The van der Waals surface area contributed by atoms with Gasteiger partial charge in [-0.15, -0.1) is 0 Å². The first-order valence-corrected chi connectivity index (χ1v) is 9.99. The number of hydrogen-bond acceptors (Lipinski definition) is 4. The van der Waals surface area contributed by atoms with Crippen LogP contribution < -0.4 is 0 Å². The lowest BCUT2D eigenvalue weighted by Gasteiger charge is -2.20. The van der Waals surface area contributed by atoms with Crippen LogP contribution in [0.15, 0.2) is 53.5 Å². The highest BCUT2D eigenvalue weighted by atomic mass is 35.5. The molecule has 28 heavy (non-hydrogen) atoms. The predicted octanol–water partition coefficient (Wildman–Crippen LogP) is 5.09. The average molecular weight is 395 g/mol. The van der Waals surface area contributed by atoms with Crippen molar-refractivity contribution in [3.05, 3.63) is 64.9 Å². The lowest BCUT2D eigenvalue weighted by Crippen LogP contribution is -2.20. The summed E-state index contributed by atoms with van der Waals surface area (Å²) in [5.41, 5.74) is 4.85. The topological polar surface area (TPSA) is 63.3 Å². The maximum absolute atomic E-state index is 7.67. The Hall–Kier alpha value is -2.50. The molecule has 3 aromatic rings. The Morgan fingerprint density at radius 1 is 1.25 bits per heavy atom. The van der Waals surface area contributed by atoms with Gasteiger partial charge in [-0.25, -0.2) is 4.98 Å². The molecule has 0 saturated carbocycles. The molecule has 1 fully saturated rings. The van der Waals surface area contributed by atoms with Crippen molar-refractivity contribution in [3.8, 4) is 0 Å². The zero-order valence-corrected chi connectivity index (χ0v) is 16.4. The van der Waals surface area contributed by atoms with Crippen molar-refractivity contribution < 1.29 is 4.74 Å². The first-order valence-electron chi connectivity index (χ1n) is 9.62. The van der Waals surface area contributed by atoms with Gasteiger partial charge in [-0.05, 0) is 43.0 Å². The number of halogens is 1. The molecule has 1 aliphatic rings. The van der Waals surface area contributed by atoms with Crippen molar-refractivity contribution in [1.82, 2.24) is 9.55 Å². The molecule has 0 amide bonds. The number of ether oxygens (including phenoxy) is 1. The van der Waals surface area contributed by atoms with E-state index in [0.717, 1.165) is 48.3 Å². The number of rotatable bonds is 6. The van der Waals surface area contributed by atoms with Gasteiger partial charge in [0.25, 0.3) is 0 Å². The van der Waals surface area contributed by atoms with E-state index in [4.69, 9.17) is 26.7 Å². The van der Waals surface area contributed by atoms with Crippen molar-refractivity contribution >= 4 is 34.6 Å². The molecule has 4 rings (SSSR count). The summed E-state index contributed by atoms with van der Waals surface area (Å²) in [6.07, 6.45) is 4.85. The summed E-state index contributed by atoms with van der Waals surface area (Å²) in [7, 11) is 0. The zero-order valence-electron chi connectivity index (χ0n) is 15.6. The van der Waals surface area contributed by atoms with Gasteiger partial charge >= 0.3 is 0 Å². The largest absolute Gasteiger partial charge is 0.357 e. The number of nitrogens with one attached hydrogen (secondary N) is 1. The molecule has 144 valence electrons. The molecule has 0 radical (unpaired) electrons. The number of nitrogens with zero attached hydrogens (tertiary/aromatic N) is 3. The maximum Gasteiger partial charge on any atom is 0.148 e. The summed E-state index contributed by atoms with van der Waals surface area (Å²) in [5, 5.41) is 8.14. The average Bonchev–Trinajstić information content (AvgIpc) is 3.06. The minimum atomic E-state index is -0.136. The van der Waals surface area contributed by atoms with Crippen molar-refractivity contribution in [1.29, 1.82) is 5.41 Å². The molecule has 1 aliphatic heterocycles. The van der Waals surface area contributed by atoms with Crippen LogP contribution in [0.2, 0.25) is 5.15 Å². The van der Waals surface area contributed by atoms with Gasteiger partial charge in [0.15, 0.2) is 0 Å². The van der Waals surface area contributed by atoms with Gasteiger partial charge in [-0.1, -0.05) is 41.9 Å². The second-order valence-corrected chi connectivity index (χ2v) is 7.33. The van der Waals surface area contributed by atoms with Crippen LogP contribution in [0.4, 0.5) is 0 Å². The van der Waals surface area contributed by atoms with Gasteiger partial charge in [0.2, 0.25) is 0 Å². The lowest BCUT2D eigenvalue weighted by molar-refractivity contribution is 0.0223. The zero-order chi connectivity index (χ0) is 19.3. The summed E-state index contributed by atoms with van der Waals surface area (Å²) in [4.78, 5) is 9.37. The summed E-state index contributed by atoms with van der Waals surface area (Å²) >= 11 is 6.13. The minimum absolute atomic E-state index is 0.136. The SMILES string of the molecule is N=CCC(=NC1CCCCO1)c1cc2nc(Cl)ccc2n1Cc1ccccc1. The third-order valence-corrected chi connectivity index (χ3v) is 5.16. The van der Waals surface area contributed by atoms with E-state index in [-0.39, 0.29) is 6.23 Å². The molecule has 3 heterocycles. The van der Waals surface area contributed by atoms with Crippen LogP contribution in [0.3, 0.4) is 0 Å². The Bertz CT molecular complexity index is 990. The Morgan fingerprint density at radius 2 is 2.11 bits per heavy atom. The molecule has 1 saturated heterocycles.